The van der Waals surface area contributed by atoms with Crippen molar-refractivity contribution in [3.63, 3.8) is 0 Å². The highest BCUT2D eigenvalue weighted by Gasteiger charge is 2.41. The van der Waals surface area contributed by atoms with Gasteiger partial charge in [-0.25, -0.2) is 9.37 Å². The lowest BCUT2D eigenvalue weighted by Gasteiger charge is -2.38. The van der Waals surface area contributed by atoms with Crippen molar-refractivity contribution in [3.8, 4) is 11.1 Å². The maximum atomic E-state index is 13.6. The zero-order chi connectivity index (χ0) is 20.7. The molecule has 0 aliphatic rings. The van der Waals surface area contributed by atoms with Crippen LogP contribution in [-0.4, -0.2) is 39.1 Å². The molecule has 0 atom stereocenters. The van der Waals surface area contributed by atoms with Crippen LogP contribution in [-0.2, 0) is 4.79 Å². The number of carbonyl (C=O) groups excluding carboxylic acids is 1. The predicted molar refractivity (Wildman–Crippen MR) is 96.0 cm³/mol. The van der Waals surface area contributed by atoms with Gasteiger partial charge in [-0.05, 0) is 26.0 Å². The number of nitrogens with two attached hydrogens (primary N) is 1. The van der Waals surface area contributed by atoms with E-state index in [1.54, 1.807) is 6.20 Å². The van der Waals surface area contributed by atoms with Gasteiger partial charge in [0.1, 0.15) is 23.5 Å². The summed E-state index contributed by atoms with van der Waals surface area (Å²) < 4.78 is 53.0. The molecule has 3 rings (SSSR count). The fourth-order valence-electron chi connectivity index (χ4n) is 2.86. The van der Waals surface area contributed by atoms with Gasteiger partial charge in [0.25, 0.3) is 0 Å². The standard InChI is InChI=1S/C18H17F4N5O/c1-17(2,16(23)28)27(9-18(20,21)22)12-3-10(5-24-7-12)14-8-26-15-13(14)4-11(19)6-25-15/h3-8H,9H2,1-2H3,(H2,23,28)(H,25,26). The van der Waals surface area contributed by atoms with E-state index in [0.29, 0.717) is 22.2 Å². The number of pyridine rings is 2. The minimum atomic E-state index is -4.57. The van der Waals surface area contributed by atoms with E-state index >= 15 is 0 Å². The smallest absolute Gasteiger partial charge is 0.368 e. The number of nitrogens with one attached hydrogen (secondary N) is 1. The lowest BCUT2D eigenvalue weighted by atomic mass is 10.00. The van der Waals surface area contributed by atoms with E-state index in [9.17, 15) is 22.4 Å². The summed E-state index contributed by atoms with van der Waals surface area (Å²) in [4.78, 5) is 23.4. The Hall–Kier alpha value is -3.17. The van der Waals surface area contributed by atoms with E-state index in [-0.39, 0.29) is 5.69 Å². The number of fused-ring (bicyclic) bond motifs is 1. The molecule has 3 aromatic heterocycles. The number of H-pyrrole nitrogens is 1. The van der Waals surface area contributed by atoms with Crippen molar-refractivity contribution < 1.29 is 22.4 Å². The van der Waals surface area contributed by atoms with Gasteiger partial charge in [0.2, 0.25) is 5.91 Å². The van der Waals surface area contributed by atoms with Gasteiger partial charge in [-0.15, -0.1) is 0 Å². The van der Waals surface area contributed by atoms with Gasteiger partial charge in [0, 0.05) is 28.9 Å². The monoisotopic (exact) mass is 395 g/mol. The molecule has 0 aliphatic heterocycles. The number of aromatic amines is 1. The number of anilines is 1. The van der Waals surface area contributed by atoms with Crippen LogP contribution in [0.4, 0.5) is 23.2 Å². The van der Waals surface area contributed by atoms with Crippen molar-refractivity contribution >= 4 is 22.6 Å². The van der Waals surface area contributed by atoms with Crippen LogP contribution in [0.1, 0.15) is 13.8 Å². The molecule has 0 fully saturated rings. The molecular weight excluding hydrogens is 378 g/mol. The van der Waals surface area contributed by atoms with E-state index in [2.05, 4.69) is 15.0 Å². The number of halogens is 4. The van der Waals surface area contributed by atoms with Gasteiger partial charge in [-0.3, -0.25) is 9.78 Å². The first-order valence-electron chi connectivity index (χ1n) is 8.21. The number of hydrogen-bond donors (Lipinski definition) is 2. The second kappa shape index (κ2) is 6.77. The van der Waals surface area contributed by atoms with Gasteiger partial charge in [-0.1, -0.05) is 0 Å². The molecule has 0 saturated carbocycles. The molecule has 1 amide bonds. The molecule has 10 heteroatoms. The minimum absolute atomic E-state index is 0.0531. The molecule has 0 spiro atoms. The SMILES string of the molecule is CC(C)(C(N)=O)N(CC(F)(F)F)c1cncc(-c2c[nH]c3ncc(F)cc23)c1. The highest BCUT2D eigenvalue weighted by molar-refractivity contribution is 5.94. The van der Waals surface area contributed by atoms with Crippen LogP contribution >= 0.6 is 0 Å². The van der Waals surface area contributed by atoms with Gasteiger partial charge in [0.15, 0.2) is 0 Å². The number of primary amides is 1. The summed E-state index contributed by atoms with van der Waals surface area (Å²) >= 11 is 0. The molecule has 0 radical (unpaired) electrons. The van der Waals surface area contributed by atoms with Crippen LogP contribution < -0.4 is 10.6 Å². The van der Waals surface area contributed by atoms with E-state index in [1.165, 1.54) is 38.4 Å². The summed E-state index contributed by atoms with van der Waals surface area (Å²) in [6, 6.07) is 2.71. The molecule has 148 valence electrons. The maximum Gasteiger partial charge on any atom is 0.405 e. The number of hydrogen-bond acceptors (Lipinski definition) is 4. The van der Waals surface area contributed by atoms with Gasteiger partial charge < -0.3 is 15.6 Å². The van der Waals surface area contributed by atoms with Crippen molar-refractivity contribution in [2.45, 2.75) is 25.6 Å². The molecule has 0 saturated heterocycles. The minimum Gasteiger partial charge on any atom is -0.368 e. The second-order valence-corrected chi connectivity index (χ2v) is 6.81. The first kappa shape index (κ1) is 19.6. The number of aromatic nitrogens is 3. The Morgan fingerprint density at radius 3 is 2.57 bits per heavy atom. The average Bonchev–Trinajstić information content (AvgIpc) is 3.01. The number of amides is 1. The fourth-order valence-corrected chi connectivity index (χ4v) is 2.86. The van der Waals surface area contributed by atoms with Crippen molar-refractivity contribution in [2.75, 3.05) is 11.4 Å². The average molecular weight is 395 g/mol. The topological polar surface area (TPSA) is 87.9 Å². The Bertz CT molecular complexity index is 1030. The summed E-state index contributed by atoms with van der Waals surface area (Å²) in [5.41, 5.74) is 5.13. The van der Waals surface area contributed by atoms with Crippen molar-refractivity contribution in [1.82, 2.24) is 15.0 Å². The van der Waals surface area contributed by atoms with E-state index < -0.39 is 30.0 Å². The molecule has 3 aromatic rings. The predicted octanol–water partition coefficient (Wildman–Crippen LogP) is 3.40. The Kier molecular flexibility index (Phi) is 4.74. The van der Waals surface area contributed by atoms with Crippen LogP contribution in [0.5, 0.6) is 0 Å². The lowest BCUT2D eigenvalue weighted by molar-refractivity contribution is -0.129. The number of nitrogens with zero attached hydrogens (tertiary/aromatic N) is 3. The van der Waals surface area contributed by atoms with Crippen molar-refractivity contribution in [2.24, 2.45) is 5.73 Å². The molecule has 3 N–H and O–H groups in total. The zero-order valence-electron chi connectivity index (χ0n) is 15.0. The molecule has 6 nitrogen and oxygen atoms in total. The van der Waals surface area contributed by atoms with Crippen molar-refractivity contribution in [3.05, 3.63) is 42.7 Å². The zero-order valence-corrected chi connectivity index (χ0v) is 15.0. The Balaban J connectivity index is 2.11. The number of rotatable bonds is 5. The van der Waals surface area contributed by atoms with Crippen LogP contribution in [0.2, 0.25) is 0 Å². The second-order valence-electron chi connectivity index (χ2n) is 6.81. The molecule has 0 aliphatic carbocycles. The number of alkyl halides is 3. The highest BCUT2D eigenvalue weighted by Crippen LogP contribution is 2.33. The number of carbonyl (C=O) groups is 1. The lowest BCUT2D eigenvalue weighted by Crippen LogP contribution is -2.56. The summed E-state index contributed by atoms with van der Waals surface area (Å²) in [6.45, 7) is 1.22. The maximum absolute atomic E-state index is 13.6. The summed E-state index contributed by atoms with van der Waals surface area (Å²) in [5, 5.41) is 0.454. The van der Waals surface area contributed by atoms with Crippen LogP contribution in [0, 0.1) is 5.82 Å². The Labute approximate surface area is 157 Å². The van der Waals surface area contributed by atoms with Gasteiger partial charge in [0.05, 0.1) is 18.1 Å². The highest BCUT2D eigenvalue weighted by atomic mass is 19.4. The third-order valence-corrected chi connectivity index (χ3v) is 4.46. The first-order valence-corrected chi connectivity index (χ1v) is 8.21. The largest absolute Gasteiger partial charge is 0.405 e. The van der Waals surface area contributed by atoms with E-state index in [1.807, 2.05) is 0 Å². The van der Waals surface area contributed by atoms with Gasteiger partial charge >= 0.3 is 6.18 Å². The molecule has 3 heterocycles. The summed E-state index contributed by atoms with van der Waals surface area (Å²) in [6.07, 6.45) is 0.688. The summed E-state index contributed by atoms with van der Waals surface area (Å²) in [7, 11) is 0. The van der Waals surface area contributed by atoms with Crippen LogP contribution in [0.3, 0.4) is 0 Å². The molecular formula is C18H17F4N5O. The fraction of sp³-hybridized carbons (Fsp3) is 0.278. The molecule has 0 unspecified atom stereocenters. The molecule has 0 aromatic carbocycles. The van der Waals surface area contributed by atoms with Crippen LogP contribution in [0.25, 0.3) is 22.2 Å². The third kappa shape index (κ3) is 3.75. The third-order valence-electron chi connectivity index (χ3n) is 4.46. The first-order chi connectivity index (χ1) is 13.0. The van der Waals surface area contributed by atoms with E-state index in [4.69, 9.17) is 5.73 Å². The van der Waals surface area contributed by atoms with Crippen LogP contribution in [0.15, 0.2) is 36.9 Å². The quantitative estimate of drug-likeness (QED) is 0.648. The normalized spacial score (nSPS) is 12.4. The Morgan fingerprint density at radius 1 is 1.21 bits per heavy atom. The summed E-state index contributed by atoms with van der Waals surface area (Å²) in [5.74, 6) is -1.47. The molecule has 28 heavy (non-hydrogen) atoms. The molecule has 0 bridgehead atoms. The Morgan fingerprint density at radius 2 is 1.93 bits per heavy atom. The van der Waals surface area contributed by atoms with Crippen molar-refractivity contribution in [1.29, 1.82) is 0 Å². The van der Waals surface area contributed by atoms with Gasteiger partial charge in [-0.2, -0.15) is 13.2 Å². The van der Waals surface area contributed by atoms with E-state index in [0.717, 1.165) is 11.1 Å².